The maximum Gasteiger partial charge on any atom is 0.220 e. The van der Waals surface area contributed by atoms with Gasteiger partial charge in [-0.05, 0) is 45.4 Å². The highest BCUT2D eigenvalue weighted by atomic mass is 35.5. The van der Waals surface area contributed by atoms with Crippen molar-refractivity contribution in [2.24, 2.45) is 5.92 Å². The fraction of sp³-hybridized carbons (Fsp3) is 0.941. The molecular formula is C17H33Cl2N3O2. The molecule has 3 aliphatic heterocycles. The summed E-state index contributed by atoms with van der Waals surface area (Å²) in [5.74, 6) is 0.804. The fourth-order valence-corrected chi connectivity index (χ4v) is 4.27. The van der Waals surface area contributed by atoms with Crippen LogP contribution in [0.4, 0.5) is 0 Å². The summed E-state index contributed by atoms with van der Waals surface area (Å²) in [5.41, 5.74) is 0.00654. The quantitative estimate of drug-likeness (QED) is 0.764. The van der Waals surface area contributed by atoms with E-state index < -0.39 is 0 Å². The van der Waals surface area contributed by atoms with Gasteiger partial charge in [0.05, 0.1) is 13.2 Å². The van der Waals surface area contributed by atoms with Gasteiger partial charge in [-0.15, -0.1) is 24.8 Å². The Kier molecular flexibility index (Phi) is 8.77. The van der Waals surface area contributed by atoms with E-state index >= 15 is 0 Å². The van der Waals surface area contributed by atoms with Crippen LogP contribution < -0.4 is 10.6 Å². The van der Waals surface area contributed by atoms with E-state index in [1.807, 2.05) is 0 Å². The lowest BCUT2D eigenvalue weighted by Gasteiger charge is -2.41. The van der Waals surface area contributed by atoms with Crippen molar-refractivity contribution < 1.29 is 9.53 Å². The van der Waals surface area contributed by atoms with Crippen LogP contribution >= 0.6 is 24.8 Å². The van der Waals surface area contributed by atoms with Gasteiger partial charge in [0, 0.05) is 43.7 Å². The maximum absolute atomic E-state index is 12.3. The summed E-state index contributed by atoms with van der Waals surface area (Å²) in [6, 6.07) is 1.34. The summed E-state index contributed by atoms with van der Waals surface area (Å²) >= 11 is 0. The Morgan fingerprint density at radius 2 is 1.75 bits per heavy atom. The largest absolute Gasteiger partial charge is 0.379 e. The van der Waals surface area contributed by atoms with Crippen LogP contribution in [0.5, 0.6) is 0 Å². The molecule has 3 rings (SSSR count). The Bertz CT molecular complexity index is 391. The zero-order valence-corrected chi connectivity index (χ0v) is 16.5. The van der Waals surface area contributed by atoms with Crippen LogP contribution in [0.1, 0.15) is 46.0 Å². The number of rotatable bonds is 5. The van der Waals surface area contributed by atoms with E-state index in [4.69, 9.17) is 4.74 Å². The number of hydrogen-bond acceptors (Lipinski definition) is 4. The minimum atomic E-state index is 0. The molecule has 0 aliphatic carbocycles. The molecule has 3 saturated heterocycles. The van der Waals surface area contributed by atoms with E-state index in [1.165, 1.54) is 25.7 Å². The summed E-state index contributed by atoms with van der Waals surface area (Å²) in [7, 11) is 0. The summed E-state index contributed by atoms with van der Waals surface area (Å²) in [4.78, 5) is 14.7. The van der Waals surface area contributed by atoms with E-state index in [2.05, 4.69) is 29.4 Å². The number of halogens is 2. The molecule has 3 aliphatic rings. The third-order valence-electron chi connectivity index (χ3n) is 5.63. The standard InChI is InChI=1S/C17H31N3O2.2ClH/c1-17(2,20-5-7-22-8-6-20)12-18-16(21)11-13-9-14-3-4-15(10-13)19-14;;/h13-15,19H,3-12H2,1-2H3,(H,18,21);2*1H. The SMILES string of the molecule is CC(C)(CNC(=O)CC1CC2CCC(C1)N2)N1CCOCC1.Cl.Cl. The van der Waals surface area contributed by atoms with Crippen molar-refractivity contribution in [3.05, 3.63) is 0 Å². The minimum absolute atomic E-state index is 0. The van der Waals surface area contributed by atoms with Gasteiger partial charge in [-0.1, -0.05) is 0 Å². The first-order valence-corrected chi connectivity index (χ1v) is 8.88. The van der Waals surface area contributed by atoms with Crippen molar-refractivity contribution in [3.63, 3.8) is 0 Å². The average Bonchev–Trinajstić information content (AvgIpc) is 2.85. The number of fused-ring (bicyclic) bond motifs is 2. The molecule has 0 saturated carbocycles. The third kappa shape index (κ3) is 5.73. The summed E-state index contributed by atoms with van der Waals surface area (Å²) in [6.07, 6.45) is 5.65. The van der Waals surface area contributed by atoms with E-state index in [0.29, 0.717) is 24.4 Å². The number of nitrogens with zero attached hydrogens (tertiary/aromatic N) is 1. The fourth-order valence-electron chi connectivity index (χ4n) is 4.27. The van der Waals surface area contributed by atoms with Crippen LogP contribution in [-0.4, -0.2) is 61.3 Å². The Morgan fingerprint density at radius 1 is 1.17 bits per heavy atom. The van der Waals surface area contributed by atoms with E-state index in [-0.39, 0.29) is 36.3 Å². The number of carbonyl (C=O) groups is 1. The van der Waals surface area contributed by atoms with Gasteiger partial charge in [0.1, 0.15) is 0 Å². The molecule has 7 heteroatoms. The second kappa shape index (κ2) is 9.58. The molecule has 2 atom stereocenters. The van der Waals surface area contributed by atoms with Crippen molar-refractivity contribution in [1.29, 1.82) is 0 Å². The van der Waals surface area contributed by atoms with Crippen LogP contribution in [0, 0.1) is 5.92 Å². The Hall–Kier alpha value is -0.0700. The van der Waals surface area contributed by atoms with Gasteiger partial charge in [0.25, 0.3) is 0 Å². The van der Waals surface area contributed by atoms with Crippen molar-refractivity contribution in [2.45, 2.75) is 63.6 Å². The van der Waals surface area contributed by atoms with Crippen molar-refractivity contribution in [3.8, 4) is 0 Å². The van der Waals surface area contributed by atoms with Gasteiger partial charge in [-0.2, -0.15) is 0 Å². The molecule has 2 N–H and O–H groups in total. The molecule has 2 unspecified atom stereocenters. The molecule has 0 aromatic rings. The normalized spacial score (nSPS) is 30.2. The molecule has 5 nitrogen and oxygen atoms in total. The van der Waals surface area contributed by atoms with Crippen LogP contribution in [-0.2, 0) is 9.53 Å². The molecule has 1 amide bonds. The molecule has 2 bridgehead atoms. The average molecular weight is 382 g/mol. The highest BCUT2D eigenvalue weighted by molar-refractivity contribution is 5.85. The number of hydrogen-bond donors (Lipinski definition) is 2. The minimum Gasteiger partial charge on any atom is -0.379 e. The lowest BCUT2D eigenvalue weighted by Crippen LogP contribution is -2.55. The van der Waals surface area contributed by atoms with E-state index in [1.54, 1.807) is 0 Å². The Morgan fingerprint density at radius 3 is 2.33 bits per heavy atom. The van der Waals surface area contributed by atoms with Gasteiger partial charge in [-0.3, -0.25) is 9.69 Å². The molecule has 24 heavy (non-hydrogen) atoms. The van der Waals surface area contributed by atoms with Crippen molar-refractivity contribution in [2.75, 3.05) is 32.8 Å². The van der Waals surface area contributed by atoms with E-state index in [0.717, 1.165) is 32.8 Å². The van der Waals surface area contributed by atoms with Crippen molar-refractivity contribution >= 4 is 30.7 Å². The summed E-state index contributed by atoms with van der Waals surface area (Å²) < 4.78 is 5.41. The number of amides is 1. The predicted octanol–water partition coefficient (Wildman–Crippen LogP) is 1.98. The second-order valence-corrected chi connectivity index (χ2v) is 7.87. The summed E-state index contributed by atoms with van der Waals surface area (Å²) in [6.45, 7) is 8.67. The lowest BCUT2D eigenvalue weighted by atomic mass is 9.89. The second-order valence-electron chi connectivity index (χ2n) is 7.87. The molecule has 3 heterocycles. The van der Waals surface area contributed by atoms with Crippen LogP contribution in [0.25, 0.3) is 0 Å². The topological polar surface area (TPSA) is 53.6 Å². The van der Waals surface area contributed by atoms with Gasteiger partial charge in [0.2, 0.25) is 5.91 Å². The van der Waals surface area contributed by atoms with Crippen LogP contribution in [0.15, 0.2) is 0 Å². The molecule has 142 valence electrons. The molecule has 0 aromatic heterocycles. The lowest BCUT2D eigenvalue weighted by molar-refractivity contribution is -0.123. The first kappa shape index (κ1) is 22.0. The Labute approximate surface area is 158 Å². The van der Waals surface area contributed by atoms with Crippen LogP contribution in [0.2, 0.25) is 0 Å². The van der Waals surface area contributed by atoms with Gasteiger partial charge in [0.15, 0.2) is 0 Å². The zero-order chi connectivity index (χ0) is 15.6. The third-order valence-corrected chi connectivity index (χ3v) is 5.63. The first-order valence-electron chi connectivity index (χ1n) is 8.88. The Balaban J connectivity index is 0.00000144. The number of carbonyl (C=O) groups excluding carboxylic acids is 1. The molecule has 0 aromatic carbocycles. The van der Waals surface area contributed by atoms with E-state index in [9.17, 15) is 4.79 Å². The smallest absolute Gasteiger partial charge is 0.220 e. The van der Waals surface area contributed by atoms with Gasteiger partial charge >= 0.3 is 0 Å². The van der Waals surface area contributed by atoms with Gasteiger partial charge in [-0.25, -0.2) is 0 Å². The highest BCUT2D eigenvalue weighted by Crippen LogP contribution is 2.32. The van der Waals surface area contributed by atoms with Crippen molar-refractivity contribution in [1.82, 2.24) is 15.5 Å². The van der Waals surface area contributed by atoms with Crippen LogP contribution in [0.3, 0.4) is 0 Å². The van der Waals surface area contributed by atoms with Gasteiger partial charge < -0.3 is 15.4 Å². The molecule has 3 fully saturated rings. The zero-order valence-electron chi connectivity index (χ0n) is 14.9. The molecule has 0 radical (unpaired) electrons. The molecular weight excluding hydrogens is 349 g/mol. The highest BCUT2D eigenvalue weighted by Gasteiger charge is 2.34. The maximum atomic E-state index is 12.3. The predicted molar refractivity (Wildman–Crippen MR) is 101 cm³/mol. The monoisotopic (exact) mass is 381 g/mol. The molecule has 0 spiro atoms. The number of morpholine rings is 1. The number of nitrogens with one attached hydrogen (secondary N) is 2. The number of ether oxygens (including phenoxy) is 1. The number of piperidine rings is 1. The first-order chi connectivity index (χ1) is 10.5. The summed E-state index contributed by atoms with van der Waals surface area (Å²) in [5, 5.41) is 6.82.